The molecule has 0 aromatic heterocycles. The van der Waals surface area contributed by atoms with Crippen LogP contribution in [0, 0.1) is 0 Å². The second-order valence-electron chi connectivity index (χ2n) is 11.3. The molecule has 0 aliphatic carbocycles. The fourth-order valence-electron chi connectivity index (χ4n) is 4.22. The van der Waals surface area contributed by atoms with Crippen LogP contribution < -0.4 is 16.0 Å². The van der Waals surface area contributed by atoms with Gasteiger partial charge in [-0.3, -0.25) is 14.4 Å². The van der Waals surface area contributed by atoms with Gasteiger partial charge >= 0.3 is 11.9 Å². The number of benzene rings is 1. The first-order chi connectivity index (χ1) is 19.0. The van der Waals surface area contributed by atoms with E-state index in [0.717, 1.165) is 19.3 Å². The van der Waals surface area contributed by atoms with E-state index < -0.39 is 35.4 Å². The second-order valence-corrected chi connectivity index (χ2v) is 11.3. The number of carboxylic acid groups (broad SMARTS) is 1. The minimum Gasteiger partial charge on any atom is -0.478 e. The van der Waals surface area contributed by atoms with E-state index >= 15 is 0 Å². The van der Waals surface area contributed by atoms with Gasteiger partial charge in [0, 0.05) is 12.1 Å². The highest BCUT2D eigenvalue weighted by Crippen LogP contribution is 2.12. The fourth-order valence-corrected chi connectivity index (χ4v) is 4.22. The van der Waals surface area contributed by atoms with Crippen LogP contribution in [0.1, 0.15) is 125 Å². The summed E-state index contributed by atoms with van der Waals surface area (Å²) in [6.07, 6.45) is 14.9. The van der Waals surface area contributed by atoms with Crippen LogP contribution in [0.5, 0.6) is 0 Å². The largest absolute Gasteiger partial charge is 0.478 e. The summed E-state index contributed by atoms with van der Waals surface area (Å²) < 4.78 is 5.25. The molecule has 0 radical (unpaired) electrons. The first-order valence-electron chi connectivity index (χ1n) is 14.9. The summed E-state index contributed by atoms with van der Waals surface area (Å²) in [6, 6.07) is 4.83. The molecule has 0 heterocycles. The molecule has 0 aliphatic rings. The lowest BCUT2D eigenvalue weighted by molar-refractivity contribution is -0.154. The number of hydrogen-bond acceptors (Lipinski definition) is 6. The van der Waals surface area contributed by atoms with Gasteiger partial charge in [0.2, 0.25) is 5.91 Å². The molecule has 40 heavy (non-hydrogen) atoms. The van der Waals surface area contributed by atoms with E-state index in [9.17, 15) is 19.2 Å². The first kappa shape index (κ1) is 35.1. The molecule has 0 aliphatic heterocycles. The molecular formula is C31H51N3O6. The highest BCUT2D eigenvalue weighted by atomic mass is 16.6. The average Bonchev–Trinajstić information content (AvgIpc) is 2.90. The molecule has 0 spiro atoms. The number of carbonyl (C=O) groups excluding carboxylic acids is 3. The highest BCUT2D eigenvalue weighted by Gasteiger charge is 2.22. The monoisotopic (exact) mass is 561 g/mol. The Balaban J connectivity index is 2.47. The van der Waals surface area contributed by atoms with E-state index in [1.807, 2.05) is 0 Å². The van der Waals surface area contributed by atoms with Gasteiger partial charge in [-0.1, -0.05) is 77.6 Å². The summed E-state index contributed by atoms with van der Waals surface area (Å²) in [5.41, 5.74) is -0.281. The average molecular weight is 562 g/mol. The van der Waals surface area contributed by atoms with E-state index in [1.165, 1.54) is 82.1 Å². The van der Waals surface area contributed by atoms with Crippen LogP contribution in [-0.2, 0) is 14.3 Å². The molecule has 1 atom stereocenters. The minimum atomic E-state index is -1.07. The highest BCUT2D eigenvalue weighted by molar-refractivity contribution is 5.96. The Hall–Kier alpha value is -2.94. The van der Waals surface area contributed by atoms with Crippen molar-refractivity contribution >= 4 is 23.8 Å². The topological polar surface area (TPSA) is 134 Å². The Morgan fingerprint density at radius 2 is 1.27 bits per heavy atom. The summed E-state index contributed by atoms with van der Waals surface area (Å²) in [5, 5.41) is 17.6. The smallest absolute Gasteiger partial charge is 0.335 e. The molecule has 1 aromatic rings. The van der Waals surface area contributed by atoms with Crippen LogP contribution in [0.4, 0.5) is 0 Å². The third-order valence-electron chi connectivity index (χ3n) is 6.43. The molecule has 0 fully saturated rings. The standard InChI is InChI=1S/C31H51N3O6/c1-5-6-7-8-9-10-11-12-13-14-15-16-21-32-26(29(37)34-23-27(35)40-31(2,3)4)22-33-28(36)24-17-19-25(20-18-24)30(38)39/h17-20,26,32H,5-16,21-23H2,1-4H3,(H,33,36)(H,34,37)(H,38,39). The lowest BCUT2D eigenvalue weighted by Gasteiger charge is -2.21. The summed E-state index contributed by atoms with van der Waals surface area (Å²) in [4.78, 5) is 48.5. The number of hydrogen-bond donors (Lipinski definition) is 4. The SMILES string of the molecule is CCCCCCCCCCCCCCNC(CNC(=O)c1ccc(C(=O)O)cc1)C(=O)NCC(=O)OC(C)(C)C. The number of carbonyl (C=O) groups is 4. The van der Waals surface area contributed by atoms with Crippen LogP contribution in [0.3, 0.4) is 0 Å². The fraction of sp³-hybridized carbons (Fsp3) is 0.677. The molecule has 0 saturated heterocycles. The van der Waals surface area contributed by atoms with E-state index in [2.05, 4.69) is 22.9 Å². The molecule has 1 rings (SSSR count). The van der Waals surface area contributed by atoms with Crippen LogP contribution in [0.15, 0.2) is 24.3 Å². The van der Waals surface area contributed by atoms with Gasteiger partial charge in [0.25, 0.3) is 5.91 Å². The van der Waals surface area contributed by atoms with Crippen LogP contribution in [-0.4, -0.2) is 60.1 Å². The van der Waals surface area contributed by atoms with Gasteiger partial charge in [-0.05, 0) is 58.0 Å². The van der Waals surface area contributed by atoms with E-state index in [0.29, 0.717) is 12.1 Å². The summed E-state index contributed by atoms with van der Waals surface area (Å²) >= 11 is 0. The third kappa shape index (κ3) is 16.9. The Labute approximate surface area is 240 Å². The zero-order valence-corrected chi connectivity index (χ0v) is 25.0. The van der Waals surface area contributed by atoms with Gasteiger partial charge in [-0.2, -0.15) is 0 Å². The number of esters is 1. The molecule has 0 saturated carbocycles. The maximum atomic E-state index is 12.8. The molecule has 0 bridgehead atoms. The Bertz CT molecular complexity index is 895. The number of carboxylic acids is 1. The van der Waals surface area contributed by atoms with Crippen molar-refractivity contribution in [3.63, 3.8) is 0 Å². The molecule has 9 heteroatoms. The van der Waals surface area contributed by atoms with E-state index in [4.69, 9.17) is 9.84 Å². The van der Waals surface area contributed by atoms with Gasteiger partial charge < -0.3 is 25.8 Å². The molecule has 4 N–H and O–H groups in total. The van der Waals surface area contributed by atoms with Gasteiger partial charge in [-0.25, -0.2) is 4.79 Å². The number of ether oxygens (including phenoxy) is 1. The molecule has 1 aromatic carbocycles. The molecule has 9 nitrogen and oxygen atoms in total. The Kier molecular flexibility index (Phi) is 17.6. The van der Waals surface area contributed by atoms with Crippen LogP contribution >= 0.6 is 0 Å². The zero-order valence-electron chi connectivity index (χ0n) is 25.0. The van der Waals surface area contributed by atoms with E-state index in [1.54, 1.807) is 20.8 Å². The predicted octanol–water partition coefficient (Wildman–Crippen LogP) is 5.23. The quantitative estimate of drug-likeness (QED) is 0.119. The molecule has 2 amide bonds. The van der Waals surface area contributed by atoms with Crippen molar-refractivity contribution in [2.45, 2.75) is 116 Å². The summed E-state index contributed by atoms with van der Waals surface area (Å²) in [5.74, 6) is -2.45. The van der Waals surface area contributed by atoms with Gasteiger partial charge in [0.15, 0.2) is 0 Å². The lowest BCUT2D eigenvalue weighted by Crippen LogP contribution is -2.52. The number of rotatable bonds is 21. The number of unbranched alkanes of at least 4 members (excludes halogenated alkanes) is 11. The Morgan fingerprint density at radius 3 is 1.77 bits per heavy atom. The van der Waals surface area contributed by atoms with E-state index in [-0.39, 0.29) is 18.7 Å². The van der Waals surface area contributed by atoms with Crippen LogP contribution in [0.2, 0.25) is 0 Å². The van der Waals surface area contributed by atoms with Crippen LogP contribution in [0.25, 0.3) is 0 Å². The number of amides is 2. The van der Waals surface area contributed by atoms with Crippen molar-refractivity contribution < 1.29 is 29.0 Å². The number of aromatic carboxylic acids is 1. The molecule has 226 valence electrons. The lowest BCUT2D eigenvalue weighted by atomic mass is 10.1. The minimum absolute atomic E-state index is 0.0118. The summed E-state index contributed by atoms with van der Waals surface area (Å²) in [7, 11) is 0. The molecule has 1 unspecified atom stereocenters. The Morgan fingerprint density at radius 1 is 0.775 bits per heavy atom. The second kappa shape index (κ2) is 20.0. The van der Waals surface area contributed by atoms with Gasteiger partial charge in [0.1, 0.15) is 18.2 Å². The first-order valence-corrected chi connectivity index (χ1v) is 14.9. The van der Waals surface area contributed by atoms with Crippen molar-refractivity contribution in [3.05, 3.63) is 35.4 Å². The maximum Gasteiger partial charge on any atom is 0.335 e. The normalized spacial score (nSPS) is 12.0. The van der Waals surface area contributed by atoms with Crippen molar-refractivity contribution in [2.24, 2.45) is 0 Å². The van der Waals surface area contributed by atoms with Crippen molar-refractivity contribution in [1.29, 1.82) is 0 Å². The number of nitrogens with one attached hydrogen (secondary N) is 3. The van der Waals surface area contributed by atoms with Gasteiger partial charge in [-0.15, -0.1) is 0 Å². The summed E-state index contributed by atoms with van der Waals surface area (Å²) in [6.45, 7) is 7.85. The van der Waals surface area contributed by atoms with Crippen molar-refractivity contribution in [1.82, 2.24) is 16.0 Å². The van der Waals surface area contributed by atoms with Crippen molar-refractivity contribution in [2.75, 3.05) is 19.6 Å². The predicted molar refractivity (Wildman–Crippen MR) is 157 cm³/mol. The van der Waals surface area contributed by atoms with Crippen molar-refractivity contribution in [3.8, 4) is 0 Å². The van der Waals surface area contributed by atoms with Gasteiger partial charge in [0.05, 0.1) is 5.56 Å². The third-order valence-corrected chi connectivity index (χ3v) is 6.43. The maximum absolute atomic E-state index is 12.8. The molecular weight excluding hydrogens is 510 g/mol. The zero-order chi connectivity index (χ0) is 29.8.